The summed E-state index contributed by atoms with van der Waals surface area (Å²) in [6, 6.07) is 7.02. The molecule has 1 aromatic carbocycles. The van der Waals surface area contributed by atoms with E-state index in [0.29, 0.717) is 6.42 Å². The summed E-state index contributed by atoms with van der Waals surface area (Å²) in [5.41, 5.74) is 7.99. The van der Waals surface area contributed by atoms with Crippen LogP contribution in [0.25, 0.3) is 10.9 Å². The van der Waals surface area contributed by atoms with Crippen molar-refractivity contribution in [1.82, 2.24) is 10.3 Å². The molecule has 1 unspecified atom stereocenters. The number of carbonyl (C=O) groups excluding carboxylic acids is 1. The van der Waals surface area contributed by atoms with E-state index in [2.05, 4.69) is 16.2 Å². The number of nitrogens with one attached hydrogen (secondary N) is 2. The van der Waals surface area contributed by atoms with Gasteiger partial charge in [-0.3, -0.25) is 4.79 Å². The van der Waals surface area contributed by atoms with Crippen LogP contribution in [-0.4, -0.2) is 23.0 Å². The van der Waals surface area contributed by atoms with Gasteiger partial charge in [0.25, 0.3) is 0 Å². The zero-order valence-electron chi connectivity index (χ0n) is 10.8. The standard InChI is InChI=1S/C15H17N3O/c1-3-10(2)18-15(19)13(16)8-11-9-17-14-7-5-4-6-12(11)14/h1,4-7,9-10,13,17H,8,16H2,2H3,(H,18,19)/t10?,13-/m0/s1. The Labute approximate surface area is 112 Å². The lowest BCUT2D eigenvalue weighted by atomic mass is 10.0. The van der Waals surface area contributed by atoms with Gasteiger partial charge in [0.15, 0.2) is 0 Å². The van der Waals surface area contributed by atoms with Crippen molar-refractivity contribution in [3.63, 3.8) is 0 Å². The van der Waals surface area contributed by atoms with E-state index in [4.69, 9.17) is 12.2 Å². The van der Waals surface area contributed by atoms with Crippen LogP contribution in [0.3, 0.4) is 0 Å². The van der Waals surface area contributed by atoms with Gasteiger partial charge in [-0.15, -0.1) is 6.42 Å². The number of aromatic nitrogens is 1. The number of rotatable bonds is 4. The zero-order chi connectivity index (χ0) is 13.8. The Hall–Kier alpha value is -2.25. The lowest BCUT2D eigenvalue weighted by molar-refractivity contribution is -0.122. The first-order chi connectivity index (χ1) is 9.11. The first-order valence-electron chi connectivity index (χ1n) is 6.19. The minimum absolute atomic E-state index is 0.226. The second-order valence-electron chi connectivity index (χ2n) is 4.57. The zero-order valence-corrected chi connectivity index (χ0v) is 10.8. The van der Waals surface area contributed by atoms with Crippen molar-refractivity contribution in [3.05, 3.63) is 36.0 Å². The second kappa shape index (κ2) is 5.59. The van der Waals surface area contributed by atoms with Crippen LogP contribution >= 0.6 is 0 Å². The van der Waals surface area contributed by atoms with E-state index in [1.807, 2.05) is 30.5 Å². The van der Waals surface area contributed by atoms with Crippen molar-refractivity contribution in [1.29, 1.82) is 0 Å². The molecular weight excluding hydrogens is 238 g/mol. The molecule has 2 atom stereocenters. The predicted octanol–water partition coefficient (Wildman–Crippen LogP) is 1.18. The molecule has 0 saturated carbocycles. The van der Waals surface area contributed by atoms with E-state index >= 15 is 0 Å². The van der Waals surface area contributed by atoms with Gasteiger partial charge in [0, 0.05) is 17.1 Å². The Bertz CT molecular complexity index is 624. The molecule has 0 aliphatic carbocycles. The molecule has 0 saturated heterocycles. The predicted molar refractivity (Wildman–Crippen MR) is 76.4 cm³/mol. The molecule has 0 fully saturated rings. The maximum atomic E-state index is 11.8. The number of carbonyl (C=O) groups is 1. The SMILES string of the molecule is C#CC(C)NC(=O)[C@@H](N)Cc1c[nH]c2ccccc12. The Morgan fingerprint density at radius 3 is 3.00 bits per heavy atom. The van der Waals surface area contributed by atoms with Gasteiger partial charge in [0.05, 0.1) is 12.1 Å². The van der Waals surface area contributed by atoms with Gasteiger partial charge >= 0.3 is 0 Å². The Balaban J connectivity index is 2.09. The van der Waals surface area contributed by atoms with E-state index in [9.17, 15) is 4.79 Å². The molecule has 1 amide bonds. The molecular formula is C15H17N3O. The van der Waals surface area contributed by atoms with Crippen molar-refractivity contribution in [2.45, 2.75) is 25.4 Å². The van der Waals surface area contributed by atoms with E-state index in [-0.39, 0.29) is 11.9 Å². The van der Waals surface area contributed by atoms with Gasteiger partial charge in [-0.2, -0.15) is 0 Å². The van der Waals surface area contributed by atoms with Crippen molar-refractivity contribution in [2.75, 3.05) is 0 Å². The average molecular weight is 255 g/mol. The molecule has 4 nitrogen and oxygen atoms in total. The van der Waals surface area contributed by atoms with E-state index < -0.39 is 6.04 Å². The quantitative estimate of drug-likeness (QED) is 0.718. The van der Waals surface area contributed by atoms with Crippen LogP contribution in [0.5, 0.6) is 0 Å². The fourth-order valence-electron chi connectivity index (χ4n) is 1.99. The molecule has 4 heteroatoms. The summed E-state index contributed by atoms with van der Waals surface area (Å²) in [5.74, 6) is 2.22. The van der Waals surface area contributed by atoms with Crippen molar-refractivity contribution in [2.24, 2.45) is 5.73 Å². The van der Waals surface area contributed by atoms with Crippen LogP contribution < -0.4 is 11.1 Å². The van der Waals surface area contributed by atoms with Crippen molar-refractivity contribution in [3.8, 4) is 12.3 Å². The van der Waals surface area contributed by atoms with Crippen LogP contribution in [-0.2, 0) is 11.2 Å². The monoisotopic (exact) mass is 255 g/mol. The van der Waals surface area contributed by atoms with Gasteiger partial charge in [-0.1, -0.05) is 24.1 Å². The highest BCUT2D eigenvalue weighted by atomic mass is 16.2. The smallest absolute Gasteiger partial charge is 0.238 e. The molecule has 0 aliphatic heterocycles. The number of hydrogen-bond donors (Lipinski definition) is 3. The third kappa shape index (κ3) is 2.95. The third-order valence-electron chi connectivity index (χ3n) is 3.06. The van der Waals surface area contributed by atoms with Gasteiger partial charge in [-0.05, 0) is 25.0 Å². The van der Waals surface area contributed by atoms with E-state index in [0.717, 1.165) is 16.5 Å². The Kier molecular flexibility index (Phi) is 3.88. The van der Waals surface area contributed by atoms with Crippen molar-refractivity contribution >= 4 is 16.8 Å². The molecule has 0 aliphatic rings. The number of fused-ring (bicyclic) bond motifs is 1. The molecule has 0 spiro atoms. The summed E-state index contributed by atoms with van der Waals surface area (Å²) in [6.07, 6.45) is 7.59. The van der Waals surface area contributed by atoms with Crippen molar-refractivity contribution < 1.29 is 4.79 Å². The van der Waals surface area contributed by atoms with E-state index in [1.54, 1.807) is 6.92 Å². The molecule has 1 heterocycles. The third-order valence-corrected chi connectivity index (χ3v) is 3.06. The number of nitrogens with two attached hydrogens (primary N) is 1. The number of amides is 1. The summed E-state index contributed by atoms with van der Waals surface area (Å²) in [6.45, 7) is 1.75. The van der Waals surface area contributed by atoms with Gasteiger partial charge in [-0.25, -0.2) is 0 Å². The summed E-state index contributed by atoms with van der Waals surface area (Å²) >= 11 is 0. The van der Waals surface area contributed by atoms with Crippen LogP contribution in [0.15, 0.2) is 30.5 Å². The number of H-pyrrole nitrogens is 1. The largest absolute Gasteiger partial charge is 0.361 e. The molecule has 98 valence electrons. The average Bonchev–Trinajstić information content (AvgIpc) is 2.82. The number of benzene rings is 1. The lowest BCUT2D eigenvalue weighted by Gasteiger charge is -2.13. The first-order valence-corrected chi connectivity index (χ1v) is 6.19. The molecule has 19 heavy (non-hydrogen) atoms. The highest BCUT2D eigenvalue weighted by Gasteiger charge is 2.17. The minimum Gasteiger partial charge on any atom is -0.361 e. The summed E-state index contributed by atoms with van der Waals surface area (Å²) < 4.78 is 0. The summed E-state index contributed by atoms with van der Waals surface area (Å²) in [7, 11) is 0. The first kappa shape index (κ1) is 13.2. The molecule has 2 aromatic rings. The van der Waals surface area contributed by atoms with Gasteiger partial charge < -0.3 is 16.0 Å². The number of para-hydroxylation sites is 1. The topological polar surface area (TPSA) is 70.9 Å². The van der Waals surface area contributed by atoms with Crippen LogP contribution in [0.1, 0.15) is 12.5 Å². The summed E-state index contributed by atoms with van der Waals surface area (Å²) in [4.78, 5) is 15.0. The van der Waals surface area contributed by atoms with E-state index in [1.165, 1.54) is 0 Å². The minimum atomic E-state index is -0.602. The second-order valence-corrected chi connectivity index (χ2v) is 4.57. The van der Waals surface area contributed by atoms with Gasteiger partial charge in [0.1, 0.15) is 0 Å². The summed E-state index contributed by atoms with van der Waals surface area (Å²) in [5, 5.41) is 3.77. The number of hydrogen-bond acceptors (Lipinski definition) is 2. The Morgan fingerprint density at radius 1 is 1.53 bits per heavy atom. The molecule has 4 N–H and O–H groups in total. The van der Waals surface area contributed by atoms with Crippen LogP contribution in [0.4, 0.5) is 0 Å². The maximum absolute atomic E-state index is 11.8. The molecule has 1 aromatic heterocycles. The fourth-order valence-corrected chi connectivity index (χ4v) is 1.99. The van der Waals surface area contributed by atoms with Crippen LogP contribution in [0.2, 0.25) is 0 Å². The number of aromatic amines is 1. The number of terminal acetylenes is 1. The molecule has 0 radical (unpaired) electrons. The normalized spacial score (nSPS) is 13.7. The molecule has 0 bridgehead atoms. The Morgan fingerprint density at radius 2 is 2.26 bits per heavy atom. The van der Waals surface area contributed by atoms with Crippen LogP contribution in [0, 0.1) is 12.3 Å². The lowest BCUT2D eigenvalue weighted by Crippen LogP contribution is -2.45. The highest BCUT2D eigenvalue weighted by molar-refractivity contribution is 5.86. The maximum Gasteiger partial charge on any atom is 0.238 e. The fraction of sp³-hybridized carbons (Fsp3) is 0.267. The highest BCUT2D eigenvalue weighted by Crippen LogP contribution is 2.18. The molecule has 2 rings (SSSR count). The van der Waals surface area contributed by atoms with Gasteiger partial charge in [0.2, 0.25) is 5.91 Å².